The molecule has 1 N–H and O–H groups in total. The van der Waals surface area contributed by atoms with Gasteiger partial charge < -0.3 is 10.0 Å². The summed E-state index contributed by atoms with van der Waals surface area (Å²) in [6.45, 7) is 6.48. The number of halogens is 1. The molecule has 1 rings (SSSR count). The third-order valence-electron chi connectivity index (χ3n) is 2.75. The normalized spacial score (nSPS) is 12.2. The molecule has 94 valence electrons. The van der Waals surface area contributed by atoms with Gasteiger partial charge in [-0.15, -0.1) is 6.58 Å². The molecular formula is C14H20BrNO. The number of unbranched alkanes of at least 4 members (excludes halogenated alkanes) is 1. The van der Waals surface area contributed by atoms with Gasteiger partial charge in [-0.05, 0) is 38.0 Å². The molecule has 0 aliphatic heterocycles. The van der Waals surface area contributed by atoms with Crippen molar-refractivity contribution in [3.63, 3.8) is 0 Å². The summed E-state index contributed by atoms with van der Waals surface area (Å²) in [7, 11) is 2.05. The van der Waals surface area contributed by atoms with Crippen LogP contribution in [-0.4, -0.2) is 18.7 Å². The average Bonchev–Trinajstić information content (AvgIpc) is 2.29. The number of anilines is 1. The van der Waals surface area contributed by atoms with Crippen LogP contribution in [0.4, 0.5) is 5.69 Å². The van der Waals surface area contributed by atoms with Crippen LogP contribution >= 0.6 is 15.9 Å². The van der Waals surface area contributed by atoms with Crippen LogP contribution in [0.25, 0.3) is 0 Å². The fourth-order valence-corrected chi connectivity index (χ4v) is 2.18. The number of allylic oxidation sites excluding steroid dienone is 1. The maximum absolute atomic E-state index is 9.79. The molecule has 0 aromatic heterocycles. The molecule has 0 saturated carbocycles. The van der Waals surface area contributed by atoms with E-state index in [1.54, 1.807) is 6.92 Å². The van der Waals surface area contributed by atoms with Crippen molar-refractivity contribution < 1.29 is 5.11 Å². The van der Waals surface area contributed by atoms with Crippen molar-refractivity contribution in [2.24, 2.45) is 0 Å². The van der Waals surface area contributed by atoms with Crippen molar-refractivity contribution in [3.05, 3.63) is 40.9 Å². The Morgan fingerprint density at radius 1 is 1.53 bits per heavy atom. The van der Waals surface area contributed by atoms with Gasteiger partial charge in [0.25, 0.3) is 0 Å². The van der Waals surface area contributed by atoms with Crippen LogP contribution < -0.4 is 4.90 Å². The Hall–Kier alpha value is -0.800. The van der Waals surface area contributed by atoms with E-state index in [1.165, 1.54) is 0 Å². The van der Waals surface area contributed by atoms with Gasteiger partial charge in [0.2, 0.25) is 0 Å². The number of hydrogen-bond donors (Lipinski definition) is 1. The Balaban J connectivity index is 2.84. The average molecular weight is 298 g/mol. The third kappa shape index (κ3) is 4.17. The van der Waals surface area contributed by atoms with Crippen molar-refractivity contribution in [2.45, 2.75) is 25.9 Å². The standard InChI is InChI=1S/C14H20BrNO/c1-4-5-6-9-16(3)14-8-7-12(15)10-13(14)11(2)17/h4,7-8,10-11,17H,1,5-6,9H2,2-3H3. The monoisotopic (exact) mass is 297 g/mol. The SMILES string of the molecule is C=CCCCN(C)c1ccc(Br)cc1C(C)O. The van der Waals surface area contributed by atoms with E-state index in [0.717, 1.165) is 35.1 Å². The second-order valence-electron chi connectivity index (χ2n) is 4.23. The molecule has 0 amide bonds. The molecule has 0 radical (unpaired) electrons. The van der Waals surface area contributed by atoms with Gasteiger partial charge in [-0.2, -0.15) is 0 Å². The van der Waals surface area contributed by atoms with E-state index >= 15 is 0 Å². The van der Waals surface area contributed by atoms with Gasteiger partial charge in [-0.25, -0.2) is 0 Å². The molecule has 0 fully saturated rings. The van der Waals surface area contributed by atoms with Crippen molar-refractivity contribution in [1.29, 1.82) is 0 Å². The van der Waals surface area contributed by atoms with Crippen LogP contribution in [0.3, 0.4) is 0 Å². The number of benzene rings is 1. The highest BCUT2D eigenvalue weighted by molar-refractivity contribution is 9.10. The van der Waals surface area contributed by atoms with Crippen molar-refractivity contribution in [1.82, 2.24) is 0 Å². The lowest BCUT2D eigenvalue weighted by Crippen LogP contribution is -2.20. The molecule has 1 aromatic rings. The predicted molar refractivity (Wildman–Crippen MR) is 77.5 cm³/mol. The number of rotatable bonds is 6. The van der Waals surface area contributed by atoms with Crippen LogP contribution in [0, 0.1) is 0 Å². The molecule has 3 heteroatoms. The van der Waals surface area contributed by atoms with Crippen LogP contribution in [0.15, 0.2) is 35.3 Å². The number of nitrogens with zero attached hydrogens (tertiary/aromatic N) is 1. The highest BCUT2D eigenvalue weighted by Crippen LogP contribution is 2.29. The van der Waals surface area contributed by atoms with E-state index in [9.17, 15) is 5.11 Å². The first-order valence-corrected chi connectivity index (χ1v) is 6.65. The van der Waals surface area contributed by atoms with E-state index in [4.69, 9.17) is 0 Å². The van der Waals surface area contributed by atoms with Gasteiger partial charge >= 0.3 is 0 Å². The minimum absolute atomic E-state index is 0.454. The minimum Gasteiger partial charge on any atom is -0.389 e. The highest BCUT2D eigenvalue weighted by atomic mass is 79.9. The van der Waals surface area contributed by atoms with Crippen LogP contribution in [0.1, 0.15) is 31.4 Å². The van der Waals surface area contributed by atoms with Gasteiger partial charge in [-0.3, -0.25) is 0 Å². The Labute approximate surface area is 112 Å². The molecule has 0 bridgehead atoms. The molecule has 1 aromatic carbocycles. The maximum Gasteiger partial charge on any atom is 0.0782 e. The van der Waals surface area contributed by atoms with Crippen LogP contribution in [0.5, 0.6) is 0 Å². The molecule has 0 saturated heterocycles. The minimum atomic E-state index is -0.454. The topological polar surface area (TPSA) is 23.5 Å². The number of hydrogen-bond acceptors (Lipinski definition) is 2. The first-order chi connectivity index (χ1) is 8.06. The predicted octanol–water partition coefficient (Wildman–Crippen LogP) is 3.90. The van der Waals surface area contributed by atoms with Gasteiger partial charge in [0.1, 0.15) is 0 Å². The Kier molecular flexibility index (Phi) is 5.72. The van der Waals surface area contributed by atoms with E-state index in [1.807, 2.05) is 24.3 Å². The Morgan fingerprint density at radius 3 is 2.82 bits per heavy atom. The Morgan fingerprint density at radius 2 is 2.24 bits per heavy atom. The molecule has 0 spiro atoms. The van der Waals surface area contributed by atoms with E-state index < -0.39 is 6.10 Å². The van der Waals surface area contributed by atoms with Crippen molar-refractivity contribution >= 4 is 21.6 Å². The van der Waals surface area contributed by atoms with Gasteiger partial charge in [0.15, 0.2) is 0 Å². The lowest BCUT2D eigenvalue weighted by Gasteiger charge is -2.23. The zero-order chi connectivity index (χ0) is 12.8. The van der Waals surface area contributed by atoms with Crippen molar-refractivity contribution in [2.75, 3.05) is 18.5 Å². The quantitative estimate of drug-likeness (QED) is 0.636. The molecule has 0 aliphatic carbocycles. The largest absolute Gasteiger partial charge is 0.389 e. The fourth-order valence-electron chi connectivity index (χ4n) is 1.80. The molecular weight excluding hydrogens is 278 g/mol. The summed E-state index contributed by atoms with van der Waals surface area (Å²) in [5.74, 6) is 0. The zero-order valence-electron chi connectivity index (χ0n) is 10.5. The molecule has 0 aliphatic rings. The lowest BCUT2D eigenvalue weighted by atomic mass is 10.1. The summed E-state index contributed by atoms with van der Waals surface area (Å²) >= 11 is 3.43. The summed E-state index contributed by atoms with van der Waals surface area (Å²) in [6.07, 6.45) is 3.58. The van der Waals surface area contributed by atoms with Gasteiger partial charge in [-0.1, -0.05) is 22.0 Å². The summed E-state index contributed by atoms with van der Waals surface area (Å²) in [4.78, 5) is 2.18. The molecule has 1 atom stereocenters. The van der Waals surface area contributed by atoms with E-state index in [2.05, 4.69) is 34.5 Å². The lowest BCUT2D eigenvalue weighted by molar-refractivity contribution is 0.199. The maximum atomic E-state index is 9.79. The van der Waals surface area contributed by atoms with Crippen LogP contribution in [0.2, 0.25) is 0 Å². The zero-order valence-corrected chi connectivity index (χ0v) is 12.1. The van der Waals surface area contributed by atoms with E-state index in [0.29, 0.717) is 0 Å². The first-order valence-electron chi connectivity index (χ1n) is 5.85. The van der Waals surface area contributed by atoms with Gasteiger partial charge in [0, 0.05) is 29.3 Å². The second kappa shape index (κ2) is 6.82. The van der Waals surface area contributed by atoms with E-state index in [-0.39, 0.29) is 0 Å². The van der Waals surface area contributed by atoms with Crippen LogP contribution in [-0.2, 0) is 0 Å². The summed E-state index contributed by atoms with van der Waals surface area (Å²) in [5.41, 5.74) is 2.05. The first kappa shape index (κ1) is 14.3. The smallest absolute Gasteiger partial charge is 0.0782 e. The summed E-state index contributed by atoms with van der Waals surface area (Å²) in [5, 5.41) is 9.79. The Bertz CT molecular complexity index is 376. The fraction of sp³-hybridized carbons (Fsp3) is 0.429. The summed E-state index contributed by atoms with van der Waals surface area (Å²) in [6, 6.07) is 6.02. The number of aliphatic hydroxyl groups is 1. The third-order valence-corrected chi connectivity index (χ3v) is 3.25. The summed E-state index contributed by atoms with van der Waals surface area (Å²) < 4.78 is 0.997. The molecule has 2 nitrogen and oxygen atoms in total. The number of aliphatic hydroxyl groups excluding tert-OH is 1. The van der Waals surface area contributed by atoms with Gasteiger partial charge in [0.05, 0.1) is 6.10 Å². The highest BCUT2D eigenvalue weighted by Gasteiger charge is 2.11. The molecule has 17 heavy (non-hydrogen) atoms. The van der Waals surface area contributed by atoms with Crippen molar-refractivity contribution in [3.8, 4) is 0 Å². The molecule has 0 heterocycles. The second-order valence-corrected chi connectivity index (χ2v) is 5.15. The molecule has 1 unspecified atom stereocenters.